The predicted molar refractivity (Wildman–Crippen MR) is 119 cm³/mol. The molecule has 3 rings (SSSR count). The zero-order valence-electron chi connectivity index (χ0n) is 19.3. The molecule has 31 heavy (non-hydrogen) atoms. The summed E-state index contributed by atoms with van der Waals surface area (Å²) >= 11 is 0. The first kappa shape index (κ1) is 23.8. The van der Waals surface area contributed by atoms with Crippen LogP contribution in [0.25, 0.3) is 0 Å². The summed E-state index contributed by atoms with van der Waals surface area (Å²) < 4.78 is 17.2. The van der Waals surface area contributed by atoms with E-state index in [1.807, 2.05) is 37.3 Å². The molecule has 0 aromatic heterocycles. The van der Waals surface area contributed by atoms with E-state index in [4.69, 9.17) is 14.2 Å². The third-order valence-corrected chi connectivity index (χ3v) is 6.69. The van der Waals surface area contributed by atoms with Crippen molar-refractivity contribution in [2.45, 2.75) is 90.4 Å². The van der Waals surface area contributed by atoms with Gasteiger partial charge in [0.15, 0.2) is 0 Å². The Balaban J connectivity index is 1.57. The first-order valence-electron chi connectivity index (χ1n) is 12.1. The normalized spacial score (nSPS) is 26.4. The Labute approximate surface area is 186 Å². The van der Waals surface area contributed by atoms with Crippen LogP contribution in [0, 0.1) is 17.8 Å². The smallest absolute Gasteiger partial charge is 0.310 e. The van der Waals surface area contributed by atoms with Crippen molar-refractivity contribution in [3.63, 3.8) is 0 Å². The van der Waals surface area contributed by atoms with Crippen molar-refractivity contribution in [1.82, 2.24) is 0 Å². The lowest BCUT2D eigenvalue weighted by Crippen LogP contribution is -2.38. The van der Waals surface area contributed by atoms with Gasteiger partial charge in [0.2, 0.25) is 0 Å². The van der Waals surface area contributed by atoms with Gasteiger partial charge in [-0.25, -0.2) is 0 Å². The molecule has 1 heterocycles. The number of carbonyl (C=O) groups excluding carboxylic acids is 2. The van der Waals surface area contributed by atoms with Crippen molar-refractivity contribution in [3.05, 3.63) is 35.9 Å². The Morgan fingerprint density at radius 3 is 2.29 bits per heavy atom. The van der Waals surface area contributed by atoms with Crippen LogP contribution in [-0.4, -0.2) is 30.8 Å². The molecule has 2 fully saturated rings. The van der Waals surface area contributed by atoms with Crippen molar-refractivity contribution in [2.24, 2.45) is 17.8 Å². The first-order chi connectivity index (χ1) is 15.0. The van der Waals surface area contributed by atoms with E-state index in [1.165, 1.54) is 19.3 Å². The minimum absolute atomic E-state index is 0.0792. The van der Waals surface area contributed by atoms with Gasteiger partial charge in [0.1, 0.15) is 6.10 Å². The van der Waals surface area contributed by atoms with Crippen LogP contribution in [0.15, 0.2) is 30.3 Å². The van der Waals surface area contributed by atoms with Crippen LogP contribution in [-0.2, 0) is 23.8 Å². The lowest BCUT2D eigenvalue weighted by atomic mass is 9.79. The molecule has 1 aliphatic heterocycles. The van der Waals surface area contributed by atoms with Crippen LogP contribution in [0.5, 0.6) is 0 Å². The van der Waals surface area contributed by atoms with E-state index in [0.29, 0.717) is 25.4 Å². The lowest BCUT2D eigenvalue weighted by Gasteiger charge is -2.28. The molecule has 0 N–H and O–H groups in total. The zero-order chi connectivity index (χ0) is 22.2. The van der Waals surface area contributed by atoms with Crippen LogP contribution in [0.4, 0.5) is 0 Å². The average molecular weight is 431 g/mol. The molecule has 172 valence electrons. The Bertz CT molecular complexity index is 703. The van der Waals surface area contributed by atoms with Gasteiger partial charge < -0.3 is 14.2 Å². The van der Waals surface area contributed by atoms with Gasteiger partial charge in [0.25, 0.3) is 0 Å². The standard InChI is InChI=1S/C26H38O5/c1-4-6-8-12-19(11-5-2)17-29-25(27)21-15-23-24(31-23)16-22(21)26(28)30-18(3)20-13-9-7-10-14-20/h7,9-10,13-14,18-19,21-24H,4-6,8,11-12,15-17H2,1-3H3. The number of hydrogen-bond acceptors (Lipinski definition) is 5. The van der Waals surface area contributed by atoms with Crippen LogP contribution >= 0.6 is 0 Å². The Morgan fingerprint density at radius 1 is 0.968 bits per heavy atom. The van der Waals surface area contributed by atoms with Gasteiger partial charge in [-0.05, 0) is 44.1 Å². The molecule has 5 nitrogen and oxygen atoms in total. The SMILES string of the molecule is CCCCCC(CCC)COC(=O)C1CC2OC2CC1C(=O)OC(C)c1ccccc1. The maximum atomic E-state index is 13.0. The molecule has 1 saturated heterocycles. The van der Waals surface area contributed by atoms with Crippen molar-refractivity contribution in [1.29, 1.82) is 0 Å². The molecule has 6 unspecified atom stereocenters. The average Bonchev–Trinajstić information content (AvgIpc) is 3.55. The maximum absolute atomic E-state index is 13.0. The summed E-state index contributed by atoms with van der Waals surface area (Å²) in [5.74, 6) is -1.15. The highest BCUT2D eigenvalue weighted by atomic mass is 16.6. The minimum atomic E-state index is -0.493. The van der Waals surface area contributed by atoms with E-state index < -0.39 is 11.8 Å². The molecule has 1 aromatic carbocycles. The van der Waals surface area contributed by atoms with E-state index in [9.17, 15) is 9.59 Å². The number of hydrogen-bond donors (Lipinski definition) is 0. The molecule has 6 atom stereocenters. The lowest BCUT2D eigenvalue weighted by molar-refractivity contribution is -0.166. The quantitative estimate of drug-likeness (QED) is 0.244. The summed E-state index contributed by atoms with van der Waals surface area (Å²) in [6, 6.07) is 9.67. The summed E-state index contributed by atoms with van der Waals surface area (Å²) in [5, 5.41) is 0. The Morgan fingerprint density at radius 2 is 1.65 bits per heavy atom. The summed E-state index contributed by atoms with van der Waals surface area (Å²) in [7, 11) is 0. The fraction of sp³-hybridized carbons (Fsp3) is 0.692. The largest absolute Gasteiger partial charge is 0.465 e. The fourth-order valence-corrected chi connectivity index (χ4v) is 4.71. The molecule has 2 aliphatic rings. The topological polar surface area (TPSA) is 65.1 Å². The van der Waals surface area contributed by atoms with Gasteiger partial charge in [0.05, 0.1) is 30.7 Å². The van der Waals surface area contributed by atoms with Crippen molar-refractivity contribution in [2.75, 3.05) is 6.61 Å². The van der Waals surface area contributed by atoms with Crippen LogP contribution in [0.3, 0.4) is 0 Å². The Hall–Kier alpha value is -1.88. The number of unbranched alkanes of at least 4 members (excludes halogenated alkanes) is 2. The number of fused-ring (bicyclic) bond motifs is 1. The second-order valence-corrected chi connectivity index (χ2v) is 9.17. The minimum Gasteiger partial charge on any atom is -0.465 e. The number of epoxide rings is 1. The van der Waals surface area contributed by atoms with E-state index in [-0.39, 0.29) is 30.3 Å². The summed E-state index contributed by atoms with van der Waals surface area (Å²) in [5.41, 5.74) is 0.945. The van der Waals surface area contributed by atoms with Gasteiger partial charge in [-0.3, -0.25) is 9.59 Å². The molecular weight excluding hydrogens is 392 g/mol. The fourth-order valence-electron chi connectivity index (χ4n) is 4.71. The van der Waals surface area contributed by atoms with Crippen molar-refractivity contribution < 1.29 is 23.8 Å². The molecule has 5 heteroatoms. The highest BCUT2D eigenvalue weighted by molar-refractivity contribution is 5.82. The molecule has 0 bridgehead atoms. The molecular formula is C26H38O5. The number of carbonyl (C=O) groups is 2. The van der Waals surface area contributed by atoms with Gasteiger partial charge in [-0.1, -0.05) is 69.9 Å². The van der Waals surface area contributed by atoms with Crippen LogP contribution < -0.4 is 0 Å². The van der Waals surface area contributed by atoms with E-state index in [0.717, 1.165) is 24.8 Å². The zero-order valence-corrected chi connectivity index (χ0v) is 19.3. The number of ether oxygens (including phenoxy) is 3. The molecule has 0 radical (unpaired) electrons. The maximum Gasteiger partial charge on any atom is 0.310 e. The highest BCUT2D eigenvalue weighted by Crippen LogP contribution is 2.44. The highest BCUT2D eigenvalue weighted by Gasteiger charge is 2.53. The van der Waals surface area contributed by atoms with E-state index in [1.54, 1.807) is 0 Å². The second kappa shape index (κ2) is 11.7. The number of rotatable bonds is 12. The number of benzene rings is 1. The third-order valence-electron chi connectivity index (χ3n) is 6.69. The molecule has 1 aromatic rings. The predicted octanol–water partition coefficient (Wildman–Crippen LogP) is 5.62. The summed E-state index contributed by atoms with van der Waals surface area (Å²) in [6.07, 6.45) is 7.72. The van der Waals surface area contributed by atoms with Gasteiger partial charge >= 0.3 is 11.9 Å². The molecule has 1 aliphatic carbocycles. The van der Waals surface area contributed by atoms with Gasteiger partial charge in [-0.2, -0.15) is 0 Å². The molecule has 0 amide bonds. The number of esters is 2. The summed E-state index contributed by atoms with van der Waals surface area (Å²) in [6.45, 7) is 6.68. The van der Waals surface area contributed by atoms with Crippen molar-refractivity contribution in [3.8, 4) is 0 Å². The second-order valence-electron chi connectivity index (χ2n) is 9.17. The molecule has 0 spiro atoms. The molecule has 1 saturated carbocycles. The summed E-state index contributed by atoms with van der Waals surface area (Å²) in [4.78, 5) is 26.0. The van der Waals surface area contributed by atoms with Crippen LogP contribution in [0.2, 0.25) is 0 Å². The third kappa shape index (κ3) is 6.80. The van der Waals surface area contributed by atoms with Gasteiger partial charge in [0, 0.05) is 0 Å². The monoisotopic (exact) mass is 430 g/mol. The Kier molecular flexibility index (Phi) is 8.94. The first-order valence-corrected chi connectivity index (χ1v) is 12.1. The van der Waals surface area contributed by atoms with Gasteiger partial charge in [-0.15, -0.1) is 0 Å². The van der Waals surface area contributed by atoms with Crippen molar-refractivity contribution >= 4 is 11.9 Å². The van der Waals surface area contributed by atoms with Crippen LogP contribution in [0.1, 0.15) is 83.8 Å². The van der Waals surface area contributed by atoms with E-state index in [2.05, 4.69) is 13.8 Å². The van der Waals surface area contributed by atoms with E-state index >= 15 is 0 Å².